The number of aliphatic hydroxyl groups excluding tert-OH is 1. The smallest absolute Gasteiger partial charge is 0.320 e. The van der Waals surface area contributed by atoms with E-state index in [0.717, 1.165) is 25.7 Å². The van der Waals surface area contributed by atoms with Gasteiger partial charge in [-0.15, -0.1) is 0 Å². The number of aliphatic carboxylic acids is 1. The lowest BCUT2D eigenvalue weighted by molar-refractivity contribution is -0.140. The van der Waals surface area contributed by atoms with E-state index >= 15 is 0 Å². The zero-order chi connectivity index (χ0) is 11.3. The maximum absolute atomic E-state index is 10.9. The van der Waals surface area contributed by atoms with Gasteiger partial charge in [0.1, 0.15) is 6.04 Å². The van der Waals surface area contributed by atoms with Gasteiger partial charge in [-0.2, -0.15) is 0 Å². The fourth-order valence-electron chi connectivity index (χ4n) is 2.28. The molecule has 1 fully saturated rings. The van der Waals surface area contributed by atoms with Crippen LogP contribution in [0.2, 0.25) is 0 Å². The molecule has 0 saturated heterocycles. The van der Waals surface area contributed by atoms with Gasteiger partial charge >= 0.3 is 5.97 Å². The largest absolute Gasteiger partial charge is 0.480 e. The van der Waals surface area contributed by atoms with Crippen LogP contribution in [0.1, 0.15) is 45.4 Å². The second-order valence-corrected chi connectivity index (χ2v) is 4.44. The van der Waals surface area contributed by atoms with Crippen LogP contribution >= 0.6 is 0 Å². The molecule has 4 nitrogen and oxygen atoms in total. The summed E-state index contributed by atoms with van der Waals surface area (Å²) in [5, 5.41) is 21.5. The lowest BCUT2D eigenvalue weighted by Gasteiger charge is -2.38. The molecule has 15 heavy (non-hydrogen) atoms. The van der Waals surface area contributed by atoms with E-state index in [4.69, 9.17) is 5.11 Å². The van der Waals surface area contributed by atoms with Crippen molar-refractivity contribution in [3.05, 3.63) is 0 Å². The van der Waals surface area contributed by atoms with Gasteiger partial charge in [0.25, 0.3) is 0 Å². The number of hydrogen-bond acceptors (Lipinski definition) is 3. The summed E-state index contributed by atoms with van der Waals surface area (Å²) in [5.74, 6) is -0.823. The highest BCUT2D eigenvalue weighted by molar-refractivity contribution is 5.73. The third-order valence-electron chi connectivity index (χ3n) is 3.30. The molecule has 1 atom stereocenters. The van der Waals surface area contributed by atoms with Gasteiger partial charge in [-0.1, -0.05) is 26.2 Å². The SMILES string of the molecule is CCC(NC1(CO)CCCCC1)C(=O)O. The van der Waals surface area contributed by atoms with Crippen LogP contribution in [0.15, 0.2) is 0 Å². The third-order valence-corrected chi connectivity index (χ3v) is 3.30. The molecule has 0 amide bonds. The molecule has 0 aliphatic heterocycles. The summed E-state index contributed by atoms with van der Waals surface area (Å²) in [7, 11) is 0. The molecule has 1 unspecified atom stereocenters. The first-order chi connectivity index (χ1) is 7.13. The topological polar surface area (TPSA) is 69.6 Å². The van der Waals surface area contributed by atoms with Crippen molar-refractivity contribution in [2.45, 2.75) is 57.0 Å². The summed E-state index contributed by atoms with van der Waals surface area (Å²) < 4.78 is 0. The number of aliphatic hydroxyl groups is 1. The Hall–Kier alpha value is -0.610. The average molecular weight is 215 g/mol. The van der Waals surface area contributed by atoms with Gasteiger partial charge in [0.05, 0.1) is 6.61 Å². The predicted octanol–water partition coefficient (Wildman–Crippen LogP) is 1.13. The van der Waals surface area contributed by atoms with Crippen molar-refractivity contribution in [1.29, 1.82) is 0 Å². The summed E-state index contributed by atoms with van der Waals surface area (Å²) in [6, 6.07) is -0.532. The van der Waals surface area contributed by atoms with Crippen molar-refractivity contribution in [3.63, 3.8) is 0 Å². The van der Waals surface area contributed by atoms with Crippen molar-refractivity contribution < 1.29 is 15.0 Å². The highest BCUT2D eigenvalue weighted by atomic mass is 16.4. The molecule has 3 N–H and O–H groups in total. The molecule has 88 valence electrons. The molecule has 0 aromatic carbocycles. The maximum Gasteiger partial charge on any atom is 0.320 e. The summed E-state index contributed by atoms with van der Waals surface area (Å²) in [6.07, 6.45) is 5.65. The molecule has 4 heteroatoms. The van der Waals surface area contributed by atoms with Crippen LogP contribution in [0.25, 0.3) is 0 Å². The van der Waals surface area contributed by atoms with Crippen molar-refractivity contribution in [1.82, 2.24) is 5.32 Å². The van der Waals surface area contributed by atoms with Gasteiger partial charge < -0.3 is 10.2 Å². The molecular weight excluding hydrogens is 194 g/mol. The van der Waals surface area contributed by atoms with E-state index in [1.54, 1.807) is 0 Å². The average Bonchev–Trinajstić information content (AvgIpc) is 2.27. The Morgan fingerprint density at radius 1 is 1.40 bits per heavy atom. The first kappa shape index (κ1) is 12.5. The maximum atomic E-state index is 10.9. The van der Waals surface area contributed by atoms with Crippen LogP contribution in [0.3, 0.4) is 0 Å². The number of carboxylic acids is 1. The van der Waals surface area contributed by atoms with Crippen LogP contribution in [0.4, 0.5) is 0 Å². The first-order valence-corrected chi connectivity index (χ1v) is 5.75. The Morgan fingerprint density at radius 2 is 2.00 bits per heavy atom. The Morgan fingerprint density at radius 3 is 2.40 bits per heavy atom. The van der Waals surface area contributed by atoms with Gasteiger partial charge in [-0.25, -0.2) is 0 Å². The van der Waals surface area contributed by atoms with Crippen molar-refractivity contribution in [2.24, 2.45) is 0 Å². The van der Waals surface area contributed by atoms with Crippen LogP contribution in [0, 0.1) is 0 Å². The fourth-order valence-corrected chi connectivity index (χ4v) is 2.28. The van der Waals surface area contributed by atoms with Crippen LogP contribution < -0.4 is 5.32 Å². The highest BCUT2D eigenvalue weighted by Gasteiger charge is 2.34. The summed E-state index contributed by atoms with van der Waals surface area (Å²) in [4.78, 5) is 10.9. The normalized spacial score (nSPS) is 22.3. The molecule has 1 saturated carbocycles. The first-order valence-electron chi connectivity index (χ1n) is 5.75. The zero-order valence-corrected chi connectivity index (χ0v) is 9.33. The van der Waals surface area contributed by atoms with Crippen LogP contribution in [-0.2, 0) is 4.79 Å². The van der Waals surface area contributed by atoms with E-state index in [-0.39, 0.29) is 12.1 Å². The number of carboxylic acid groups (broad SMARTS) is 1. The van der Waals surface area contributed by atoms with Crippen LogP contribution in [-0.4, -0.2) is 34.4 Å². The highest BCUT2D eigenvalue weighted by Crippen LogP contribution is 2.28. The van der Waals surface area contributed by atoms with Gasteiger partial charge in [-0.05, 0) is 19.3 Å². The zero-order valence-electron chi connectivity index (χ0n) is 9.33. The molecule has 0 aromatic rings. The van der Waals surface area contributed by atoms with E-state index in [2.05, 4.69) is 5.32 Å². The molecule has 0 spiro atoms. The second-order valence-electron chi connectivity index (χ2n) is 4.44. The molecular formula is C11H21NO3. The van der Waals surface area contributed by atoms with Crippen molar-refractivity contribution in [3.8, 4) is 0 Å². The quantitative estimate of drug-likeness (QED) is 0.643. The van der Waals surface area contributed by atoms with E-state index in [9.17, 15) is 9.90 Å². The standard InChI is InChI=1S/C11H21NO3/c1-2-9(10(14)15)12-11(8-13)6-4-3-5-7-11/h9,12-13H,2-8H2,1H3,(H,14,15). The Labute approximate surface area is 90.7 Å². The number of hydrogen-bond donors (Lipinski definition) is 3. The van der Waals surface area contributed by atoms with Gasteiger partial charge in [0.2, 0.25) is 0 Å². The van der Waals surface area contributed by atoms with Gasteiger partial charge in [-0.3, -0.25) is 10.1 Å². The van der Waals surface area contributed by atoms with E-state index in [0.29, 0.717) is 6.42 Å². The lowest BCUT2D eigenvalue weighted by atomic mass is 9.81. The van der Waals surface area contributed by atoms with E-state index in [1.165, 1.54) is 6.42 Å². The molecule has 1 aliphatic rings. The minimum atomic E-state index is -0.823. The van der Waals surface area contributed by atoms with Gasteiger partial charge in [0, 0.05) is 5.54 Å². The van der Waals surface area contributed by atoms with Gasteiger partial charge in [0.15, 0.2) is 0 Å². The van der Waals surface area contributed by atoms with Crippen molar-refractivity contribution >= 4 is 5.97 Å². The number of nitrogens with one attached hydrogen (secondary N) is 1. The molecule has 0 bridgehead atoms. The number of rotatable bonds is 5. The molecule has 1 rings (SSSR count). The lowest BCUT2D eigenvalue weighted by Crippen LogP contribution is -2.56. The summed E-state index contributed by atoms with van der Waals surface area (Å²) in [5.41, 5.74) is -0.350. The third kappa shape index (κ3) is 3.18. The molecule has 0 radical (unpaired) electrons. The van der Waals surface area contributed by atoms with Crippen LogP contribution in [0.5, 0.6) is 0 Å². The van der Waals surface area contributed by atoms with E-state index < -0.39 is 12.0 Å². The fraction of sp³-hybridized carbons (Fsp3) is 0.909. The Bertz CT molecular complexity index is 212. The molecule has 0 aromatic heterocycles. The molecule has 1 aliphatic carbocycles. The summed E-state index contributed by atoms with van der Waals surface area (Å²) in [6.45, 7) is 1.89. The second kappa shape index (κ2) is 5.47. The number of carbonyl (C=O) groups is 1. The minimum Gasteiger partial charge on any atom is -0.480 e. The Kier molecular flexibility index (Phi) is 4.54. The summed E-state index contributed by atoms with van der Waals surface area (Å²) >= 11 is 0. The Balaban J connectivity index is 2.61. The van der Waals surface area contributed by atoms with Crippen molar-refractivity contribution in [2.75, 3.05) is 6.61 Å². The molecule has 0 heterocycles. The predicted molar refractivity (Wildman–Crippen MR) is 57.8 cm³/mol. The monoisotopic (exact) mass is 215 g/mol. The van der Waals surface area contributed by atoms with E-state index in [1.807, 2.05) is 6.92 Å². The minimum absolute atomic E-state index is 0.0385.